The van der Waals surface area contributed by atoms with Crippen molar-refractivity contribution in [1.82, 2.24) is 4.90 Å². The van der Waals surface area contributed by atoms with Gasteiger partial charge in [0.05, 0.1) is 11.4 Å². The van der Waals surface area contributed by atoms with Crippen LogP contribution < -0.4 is 4.90 Å². The molecule has 3 aromatic rings. The van der Waals surface area contributed by atoms with Crippen LogP contribution in [0.4, 0.5) is 11.4 Å². The summed E-state index contributed by atoms with van der Waals surface area (Å²) in [5.74, 6) is -0.691. The smallest absolute Gasteiger partial charge is 0.335 e. The zero-order valence-corrected chi connectivity index (χ0v) is 32.5. The Bertz CT molecular complexity index is 1740. The molecule has 0 aromatic heterocycles. The van der Waals surface area contributed by atoms with Crippen molar-refractivity contribution >= 4 is 41.0 Å². The van der Waals surface area contributed by atoms with E-state index < -0.39 is 24.1 Å². The van der Waals surface area contributed by atoms with Crippen LogP contribution in [-0.4, -0.2) is 93.8 Å². The van der Waals surface area contributed by atoms with Gasteiger partial charge >= 0.3 is 17.9 Å². The second kappa shape index (κ2) is 17.6. The fourth-order valence-electron chi connectivity index (χ4n) is 9.16. The molecule has 0 spiro atoms. The third-order valence-corrected chi connectivity index (χ3v) is 12.6. The minimum Gasteiger partial charge on any atom is -0.508 e. The maximum absolute atomic E-state index is 11.4. The number of aliphatic hydroxyl groups excluding tert-OH is 2. The van der Waals surface area contributed by atoms with Crippen molar-refractivity contribution in [2.75, 3.05) is 32.1 Å². The molecule has 3 aromatic carbocycles. The number of para-hydroxylation sites is 2. The molecule has 12 heteroatoms. The van der Waals surface area contributed by atoms with Crippen molar-refractivity contribution in [2.24, 2.45) is 23.2 Å². The number of aliphatic hydroxyl groups is 2. The van der Waals surface area contributed by atoms with Crippen LogP contribution in [0.25, 0.3) is 0 Å². The van der Waals surface area contributed by atoms with E-state index in [1.165, 1.54) is 58.5 Å². The van der Waals surface area contributed by atoms with Crippen LogP contribution >= 0.6 is 11.8 Å². The molecular weight excluding hydrogens is 709 g/mol. The van der Waals surface area contributed by atoms with Crippen molar-refractivity contribution < 1.29 is 44.7 Å². The number of nitrogens with zero attached hydrogens (tertiary/aromatic N) is 2. The Morgan fingerprint density at radius 3 is 2.06 bits per heavy atom. The number of esters is 1. The molecule has 1 aliphatic heterocycles. The first-order chi connectivity index (χ1) is 25.6. The third kappa shape index (κ3) is 9.22. The number of phenols is 1. The first-order valence-electron chi connectivity index (χ1n) is 18.7. The molecule has 3 aliphatic carbocycles. The van der Waals surface area contributed by atoms with Gasteiger partial charge < -0.3 is 40.1 Å². The van der Waals surface area contributed by atoms with Crippen molar-refractivity contribution in [3.8, 4) is 5.75 Å². The van der Waals surface area contributed by atoms with Gasteiger partial charge in [-0.15, -0.1) is 0 Å². The maximum atomic E-state index is 11.4. The monoisotopic (exact) mass is 762 g/mol. The Balaban J connectivity index is 0.000000168. The van der Waals surface area contributed by atoms with Crippen molar-refractivity contribution in [3.05, 3.63) is 77.9 Å². The zero-order chi connectivity index (χ0) is 39.3. The first-order valence-corrected chi connectivity index (χ1v) is 19.5. The number of carboxylic acids is 2. The molecule has 0 amide bonds. The number of ether oxygens (including phenoxy) is 1. The summed E-state index contributed by atoms with van der Waals surface area (Å²) in [5.41, 5.74) is 5.63. The van der Waals surface area contributed by atoms with E-state index in [4.69, 9.17) is 25.2 Å². The number of aromatic hydroxyl groups is 1. The van der Waals surface area contributed by atoms with Gasteiger partial charge in [-0.25, -0.2) is 9.59 Å². The number of fused-ring (bicyclic) bond motifs is 7. The fourth-order valence-corrected chi connectivity index (χ4v) is 10.3. The normalized spacial score (nSPS) is 25.0. The van der Waals surface area contributed by atoms with Crippen molar-refractivity contribution in [2.45, 2.75) is 93.3 Å². The molecule has 292 valence electrons. The van der Waals surface area contributed by atoms with Gasteiger partial charge in [0.1, 0.15) is 11.9 Å². The third-order valence-electron chi connectivity index (χ3n) is 11.4. The van der Waals surface area contributed by atoms with E-state index >= 15 is 0 Å². The summed E-state index contributed by atoms with van der Waals surface area (Å²) in [6.07, 6.45) is 2.35. The Morgan fingerprint density at radius 2 is 1.50 bits per heavy atom. The Morgan fingerprint density at radius 1 is 0.907 bits per heavy atom. The summed E-state index contributed by atoms with van der Waals surface area (Å²) in [7, 11) is 4.29. The van der Waals surface area contributed by atoms with Crippen molar-refractivity contribution in [3.63, 3.8) is 0 Å². The minimum atomic E-state index is -2.27. The number of phenolic OH excluding ortho intramolecular Hbond substituents is 1. The van der Waals surface area contributed by atoms with E-state index in [0.29, 0.717) is 29.4 Å². The molecule has 7 rings (SSSR count). The number of hydrogen-bond acceptors (Lipinski definition) is 10. The van der Waals surface area contributed by atoms with Crippen LogP contribution in [0.1, 0.15) is 69.9 Å². The summed E-state index contributed by atoms with van der Waals surface area (Å²) >= 11 is 1.88. The summed E-state index contributed by atoms with van der Waals surface area (Å²) in [5, 5.41) is 42.3. The van der Waals surface area contributed by atoms with Crippen LogP contribution in [0.3, 0.4) is 0 Å². The van der Waals surface area contributed by atoms with Gasteiger partial charge in [0, 0.05) is 35.2 Å². The molecule has 2 fully saturated rings. The Kier molecular flexibility index (Phi) is 13.4. The highest BCUT2D eigenvalue weighted by Crippen LogP contribution is 2.61. The van der Waals surface area contributed by atoms with Crippen LogP contribution in [0, 0.1) is 23.2 Å². The second-order valence-corrected chi connectivity index (χ2v) is 16.7. The number of hydrogen-bond donors (Lipinski definition) is 5. The zero-order valence-electron chi connectivity index (χ0n) is 31.7. The number of carbonyl (C=O) groups is 3. The van der Waals surface area contributed by atoms with E-state index in [9.17, 15) is 19.5 Å². The van der Waals surface area contributed by atoms with Crippen LogP contribution in [-0.2, 0) is 25.5 Å². The summed E-state index contributed by atoms with van der Waals surface area (Å²) in [6, 6.07) is 23.4. The highest BCUT2D eigenvalue weighted by molar-refractivity contribution is 7.99. The molecule has 54 heavy (non-hydrogen) atoms. The van der Waals surface area contributed by atoms with E-state index in [-0.39, 0.29) is 17.5 Å². The predicted molar refractivity (Wildman–Crippen MR) is 207 cm³/mol. The SMILES string of the molecule is CC(=O)OC1CCC2C3CCc4cc(O)ccc4C3CCC12C.CC(CN(C)C)CN1c2ccccc2Sc2ccccc21.O=C(O)C(O)C(O)C(=O)O. The number of aliphatic carboxylic acids is 2. The quantitative estimate of drug-likeness (QED) is 0.157. The van der Waals surface area contributed by atoms with E-state index in [0.717, 1.165) is 32.4 Å². The lowest BCUT2D eigenvalue weighted by atomic mass is 9.55. The lowest BCUT2D eigenvalue weighted by Crippen LogP contribution is -2.45. The van der Waals surface area contributed by atoms with Crippen molar-refractivity contribution in [1.29, 1.82) is 0 Å². The average molecular weight is 763 g/mol. The first kappa shape index (κ1) is 41.1. The molecule has 11 nitrogen and oxygen atoms in total. The lowest BCUT2D eigenvalue weighted by Gasteiger charge is -2.50. The fraction of sp³-hybridized carbons (Fsp3) is 0.500. The number of rotatable bonds is 8. The molecule has 8 atom stereocenters. The summed E-state index contributed by atoms with van der Waals surface area (Å²) in [4.78, 5) is 38.4. The molecule has 2 saturated carbocycles. The van der Waals surface area contributed by atoms with Gasteiger partial charge in [-0.05, 0) is 124 Å². The molecule has 0 saturated heterocycles. The van der Waals surface area contributed by atoms with Crippen LogP contribution in [0.2, 0.25) is 0 Å². The molecule has 5 N–H and O–H groups in total. The number of carboxylic acid groups (broad SMARTS) is 2. The highest BCUT2D eigenvalue weighted by atomic mass is 32.2. The minimum absolute atomic E-state index is 0.104. The topological polar surface area (TPSA) is 168 Å². The van der Waals surface area contributed by atoms with Gasteiger partial charge in [-0.2, -0.15) is 0 Å². The van der Waals surface area contributed by atoms with E-state index in [1.807, 2.05) is 23.9 Å². The molecule has 4 aliphatic rings. The molecule has 0 radical (unpaired) electrons. The summed E-state index contributed by atoms with van der Waals surface area (Å²) in [6.45, 7) is 8.36. The number of benzene rings is 3. The van der Waals surface area contributed by atoms with Crippen LogP contribution in [0.15, 0.2) is 76.5 Å². The van der Waals surface area contributed by atoms with Gasteiger partial charge in [-0.3, -0.25) is 4.79 Å². The van der Waals surface area contributed by atoms with Gasteiger partial charge in [-0.1, -0.05) is 55.9 Å². The average Bonchev–Trinajstić information content (AvgIpc) is 3.45. The number of anilines is 2. The molecule has 1 heterocycles. The molecule has 8 unspecified atom stereocenters. The molecular formula is C42H54N2O9S. The standard InChI is InChI=1S/C20H26O3.C18H22N2S.C4H6O6/c1-12(21)23-19-8-7-18-17-5-3-13-11-14(22)4-6-15(13)16(17)9-10-20(18,19)2;1-14(12-19(2)3)13-20-15-8-4-6-10-17(15)21-18-11-7-5-9-16(18)20;5-1(3(7)8)2(6)4(9)10/h4,6,11,16-19,22H,3,5,7-10H2,1-2H3;4-11,14H,12-13H2,1-3H3;1-2,5-6H,(H,7,8)(H,9,10). The lowest BCUT2D eigenvalue weighted by molar-refractivity contribution is -0.165. The van der Waals surface area contributed by atoms with E-state index in [1.54, 1.807) is 0 Å². The van der Waals surface area contributed by atoms with Gasteiger partial charge in [0.2, 0.25) is 0 Å². The number of aryl methyl sites for hydroxylation is 1. The largest absolute Gasteiger partial charge is 0.508 e. The molecule has 0 bridgehead atoms. The van der Waals surface area contributed by atoms with Crippen LogP contribution in [0.5, 0.6) is 5.75 Å². The van der Waals surface area contributed by atoms with Gasteiger partial charge in [0.25, 0.3) is 0 Å². The highest BCUT2D eigenvalue weighted by Gasteiger charge is 2.56. The van der Waals surface area contributed by atoms with E-state index in [2.05, 4.69) is 92.3 Å². The number of carbonyl (C=O) groups excluding carboxylic acids is 1. The van der Waals surface area contributed by atoms with Gasteiger partial charge in [0.15, 0.2) is 12.2 Å². The Labute approximate surface area is 322 Å². The Hall–Kier alpha value is -4.10. The maximum Gasteiger partial charge on any atom is 0.335 e. The second-order valence-electron chi connectivity index (χ2n) is 15.6. The predicted octanol–water partition coefficient (Wildman–Crippen LogP) is 6.54. The summed E-state index contributed by atoms with van der Waals surface area (Å²) < 4.78 is 5.68.